The quantitative estimate of drug-likeness (QED) is 0.943. The second-order valence-corrected chi connectivity index (χ2v) is 5.42. The Morgan fingerprint density at radius 2 is 2.38 bits per heavy atom. The Labute approximate surface area is 106 Å². The third-order valence-corrected chi connectivity index (χ3v) is 3.77. The van der Waals surface area contributed by atoms with E-state index in [-0.39, 0.29) is 0 Å². The van der Waals surface area contributed by atoms with Crippen molar-refractivity contribution in [3.05, 3.63) is 21.7 Å². The topological polar surface area (TPSA) is 51.0 Å². The van der Waals surface area contributed by atoms with Gasteiger partial charge in [0, 0.05) is 10.5 Å². The highest BCUT2D eigenvalue weighted by molar-refractivity contribution is 9.10. The van der Waals surface area contributed by atoms with Crippen LogP contribution in [0.1, 0.15) is 19.7 Å². The molecule has 0 aliphatic carbocycles. The number of thiophene rings is 1. The Bertz CT molecular complexity index is 466. The zero-order chi connectivity index (χ0) is 11.5. The Kier molecular flexibility index (Phi) is 3.73. The lowest BCUT2D eigenvalue weighted by Gasteiger charge is -2.02. The van der Waals surface area contributed by atoms with Crippen molar-refractivity contribution < 1.29 is 4.52 Å². The lowest BCUT2D eigenvalue weighted by atomic mass is 10.4. The van der Waals surface area contributed by atoms with Crippen molar-refractivity contribution in [2.75, 3.05) is 0 Å². The van der Waals surface area contributed by atoms with Crippen LogP contribution in [0, 0.1) is 0 Å². The van der Waals surface area contributed by atoms with Gasteiger partial charge in [-0.05, 0) is 27.4 Å². The van der Waals surface area contributed by atoms with E-state index < -0.39 is 0 Å². The van der Waals surface area contributed by atoms with Gasteiger partial charge in [0.1, 0.15) is 4.88 Å². The summed E-state index contributed by atoms with van der Waals surface area (Å²) in [7, 11) is 0. The standard InChI is InChI=1S/C10H12BrN3OS/c1-6(2)12-5-8-13-10(15-14-8)9-7(11)3-4-16-9/h3-4,6,12H,5H2,1-2H3. The molecule has 2 aromatic rings. The number of halogens is 1. The Morgan fingerprint density at radius 1 is 1.56 bits per heavy atom. The first kappa shape index (κ1) is 11.8. The van der Waals surface area contributed by atoms with Crippen molar-refractivity contribution in [2.24, 2.45) is 0 Å². The first-order chi connectivity index (χ1) is 7.66. The van der Waals surface area contributed by atoms with Gasteiger partial charge in [-0.25, -0.2) is 0 Å². The molecule has 2 aromatic heterocycles. The molecule has 0 atom stereocenters. The average Bonchev–Trinajstić information content (AvgIpc) is 2.83. The molecule has 0 saturated carbocycles. The molecule has 6 heteroatoms. The number of hydrogen-bond acceptors (Lipinski definition) is 5. The van der Waals surface area contributed by atoms with E-state index in [4.69, 9.17) is 4.52 Å². The second kappa shape index (κ2) is 5.07. The van der Waals surface area contributed by atoms with Crippen LogP contribution >= 0.6 is 27.3 Å². The van der Waals surface area contributed by atoms with E-state index in [2.05, 4.69) is 45.2 Å². The molecule has 0 aromatic carbocycles. The minimum atomic E-state index is 0.412. The molecule has 0 aliphatic heterocycles. The summed E-state index contributed by atoms with van der Waals surface area (Å²) in [5, 5.41) is 9.15. The van der Waals surface area contributed by atoms with Crippen molar-refractivity contribution in [2.45, 2.75) is 26.4 Å². The minimum Gasteiger partial charge on any atom is -0.333 e. The van der Waals surface area contributed by atoms with Crippen molar-refractivity contribution in [3.8, 4) is 10.8 Å². The number of hydrogen-bond donors (Lipinski definition) is 1. The monoisotopic (exact) mass is 301 g/mol. The Hall–Kier alpha value is -0.720. The van der Waals surface area contributed by atoms with Gasteiger partial charge in [0.05, 0.1) is 6.54 Å². The second-order valence-electron chi connectivity index (χ2n) is 3.65. The normalized spacial score (nSPS) is 11.2. The highest BCUT2D eigenvalue weighted by Crippen LogP contribution is 2.32. The zero-order valence-electron chi connectivity index (χ0n) is 9.03. The fourth-order valence-corrected chi connectivity index (χ4v) is 2.62. The molecule has 0 unspecified atom stereocenters. The van der Waals surface area contributed by atoms with Crippen LogP contribution in [0.2, 0.25) is 0 Å². The summed E-state index contributed by atoms with van der Waals surface area (Å²) in [6.45, 7) is 4.79. The van der Waals surface area contributed by atoms with Gasteiger partial charge in [-0.15, -0.1) is 11.3 Å². The lowest BCUT2D eigenvalue weighted by molar-refractivity contribution is 0.418. The van der Waals surface area contributed by atoms with Crippen LogP contribution in [0.5, 0.6) is 0 Å². The van der Waals surface area contributed by atoms with Crippen molar-refractivity contribution >= 4 is 27.3 Å². The zero-order valence-corrected chi connectivity index (χ0v) is 11.4. The summed E-state index contributed by atoms with van der Waals surface area (Å²) in [6, 6.07) is 2.38. The van der Waals surface area contributed by atoms with Crippen molar-refractivity contribution in [3.63, 3.8) is 0 Å². The van der Waals surface area contributed by atoms with Gasteiger partial charge in [-0.2, -0.15) is 4.98 Å². The number of nitrogens with one attached hydrogen (secondary N) is 1. The first-order valence-electron chi connectivity index (χ1n) is 4.96. The highest BCUT2D eigenvalue weighted by Gasteiger charge is 2.12. The van der Waals surface area contributed by atoms with Crippen molar-refractivity contribution in [1.82, 2.24) is 15.5 Å². The summed E-state index contributed by atoms with van der Waals surface area (Å²) in [6.07, 6.45) is 0. The van der Waals surface area contributed by atoms with Crippen LogP contribution in [-0.4, -0.2) is 16.2 Å². The van der Waals surface area contributed by atoms with E-state index in [1.807, 2.05) is 11.4 Å². The molecule has 4 nitrogen and oxygen atoms in total. The van der Waals surface area contributed by atoms with Crippen LogP contribution < -0.4 is 5.32 Å². The van der Waals surface area contributed by atoms with Gasteiger partial charge >= 0.3 is 0 Å². The lowest BCUT2D eigenvalue weighted by Crippen LogP contribution is -2.22. The van der Waals surface area contributed by atoms with E-state index in [1.165, 1.54) is 0 Å². The third-order valence-electron chi connectivity index (χ3n) is 1.95. The maximum Gasteiger partial charge on any atom is 0.269 e. The summed E-state index contributed by atoms with van der Waals surface area (Å²) < 4.78 is 6.19. The molecule has 0 fully saturated rings. The smallest absolute Gasteiger partial charge is 0.269 e. The van der Waals surface area contributed by atoms with Gasteiger partial charge in [0.2, 0.25) is 0 Å². The molecule has 0 spiro atoms. The maximum absolute atomic E-state index is 5.20. The summed E-state index contributed by atoms with van der Waals surface area (Å²) in [5.41, 5.74) is 0. The van der Waals surface area contributed by atoms with Crippen LogP contribution in [0.25, 0.3) is 10.8 Å². The fraction of sp³-hybridized carbons (Fsp3) is 0.400. The molecule has 2 heterocycles. The largest absolute Gasteiger partial charge is 0.333 e. The van der Waals surface area contributed by atoms with Gasteiger partial charge in [0.25, 0.3) is 5.89 Å². The van der Waals surface area contributed by atoms with E-state index in [1.54, 1.807) is 11.3 Å². The van der Waals surface area contributed by atoms with Gasteiger partial charge in [0.15, 0.2) is 5.82 Å². The summed E-state index contributed by atoms with van der Waals surface area (Å²) in [4.78, 5) is 5.30. The molecule has 0 radical (unpaired) electrons. The molecular weight excluding hydrogens is 290 g/mol. The van der Waals surface area contributed by atoms with E-state index >= 15 is 0 Å². The Balaban J connectivity index is 2.11. The average molecular weight is 302 g/mol. The molecule has 0 saturated heterocycles. The van der Waals surface area contributed by atoms with Crippen LogP contribution in [-0.2, 0) is 6.54 Å². The molecule has 1 N–H and O–H groups in total. The first-order valence-corrected chi connectivity index (χ1v) is 6.63. The van der Waals surface area contributed by atoms with Crippen LogP contribution in [0.3, 0.4) is 0 Å². The molecular formula is C10H12BrN3OS. The molecule has 0 aliphatic rings. The number of aromatic nitrogens is 2. The molecule has 2 rings (SSSR count). The van der Waals surface area contributed by atoms with Gasteiger partial charge in [-0.3, -0.25) is 0 Å². The van der Waals surface area contributed by atoms with Crippen LogP contribution in [0.4, 0.5) is 0 Å². The number of nitrogens with zero attached hydrogens (tertiary/aromatic N) is 2. The SMILES string of the molecule is CC(C)NCc1noc(-c2sccc2Br)n1. The van der Waals surface area contributed by atoms with E-state index in [9.17, 15) is 0 Å². The fourth-order valence-electron chi connectivity index (χ4n) is 1.16. The summed E-state index contributed by atoms with van der Waals surface area (Å²) >= 11 is 5.02. The predicted octanol–water partition coefficient (Wildman–Crippen LogP) is 3.06. The minimum absolute atomic E-state index is 0.412. The number of rotatable bonds is 4. The van der Waals surface area contributed by atoms with Gasteiger partial charge < -0.3 is 9.84 Å². The maximum atomic E-state index is 5.20. The molecule has 0 amide bonds. The molecule has 16 heavy (non-hydrogen) atoms. The predicted molar refractivity (Wildman–Crippen MR) is 67.3 cm³/mol. The molecule has 0 bridgehead atoms. The van der Waals surface area contributed by atoms with Crippen molar-refractivity contribution in [1.29, 1.82) is 0 Å². The van der Waals surface area contributed by atoms with E-state index in [0.717, 1.165) is 9.35 Å². The van der Waals surface area contributed by atoms with E-state index in [0.29, 0.717) is 24.3 Å². The highest BCUT2D eigenvalue weighted by atomic mass is 79.9. The van der Waals surface area contributed by atoms with Crippen LogP contribution in [0.15, 0.2) is 20.4 Å². The van der Waals surface area contributed by atoms with Gasteiger partial charge in [-0.1, -0.05) is 19.0 Å². The molecule has 86 valence electrons. The Morgan fingerprint density at radius 3 is 3.00 bits per heavy atom. The summed E-state index contributed by atoms with van der Waals surface area (Å²) in [5.74, 6) is 1.26. The third kappa shape index (κ3) is 2.69.